The molecule has 4 nitrogen and oxygen atoms in total. The smallest absolute Gasteiger partial charge is 0.253 e. The van der Waals surface area contributed by atoms with Gasteiger partial charge in [-0.2, -0.15) is 0 Å². The predicted molar refractivity (Wildman–Crippen MR) is 111 cm³/mol. The van der Waals surface area contributed by atoms with Gasteiger partial charge in [0.1, 0.15) is 0 Å². The fraction of sp³-hybridized carbons (Fsp3) is 0.300. The van der Waals surface area contributed by atoms with Crippen LogP contribution in [-0.4, -0.2) is 53.5 Å². The van der Waals surface area contributed by atoms with Crippen molar-refractivity contribution in [2.24, 2.45) is 0 Å². The zero-order valence-corrected chi connectivity index (χ0v) is 17.1. The Morgan fingerprint density at radius 1 is 0.926 bits per heavy atom. The average molecular weight is 423 g/mol. The van der Waals surface area contributed by atoms with Crippen molar-refractivity contribution in [3.8, 4) is 0 Å². The molecule has 1 saturated heterocycles. The molecule has 0 spiro atoms. The molecule has 7 heteroatoms. The van der Waals surface area contributed by atoms with Crippen LogP contribution in [-0.2, 0) is 4.79 Å². The molecule has 2 amide bonds. The standard InChI is InChI=1S/C20H20Cl2N2O2S/c21-16-7-8-17(22)18(13-16)27-14-19(25)23-9-4-10-24(12-11-23)20(26)15-5-2-1-3-6-15/h1-3,5-8,13H,4,9-12,14H2. The highest BCUT2D eigenvalue weighted by atomic mass is 35.5. The Hall–Kier alpha value is -1.69. The number of hydrogen-bond donors (Lipinski definition) is 0. The summed E-state index contributed by atoms with van der Waals surface area (Å²) in [4.78, 5) is 29.6. The minimum Gasteiger partial charge on any atom is -0.340 e. The summed E-state index contributed by atoms with van der Waals surface area (Å²) < 4.78 is 0. The van der Waals surface area contributed by atoms with Gasteiger partial charge in [-0.05, 0) is 36.8 Å². The van der Waals surface area contributed by atoms with Crippen LogP contribution >= 0.6 is 35.0 Å². The van der Waals surface area contributed by atoms with Crippen molar-refractivity contribution in [2.45, 2.75) is 11.3 Å². The van der Waals surface area contributed by atoms with Crippen LogP contribution in [0.25, 0.3) is 0 Å². The van der Waals surface area contributed by atoms with Crippen LogP contribution in [0.15, 0.2) is 53.4 Å². The van der Waals surface area contributed by atoms with Gasteiger partial charge in [-0.1, -0.05) is 41.4 Å². The second-order valence-electron chi connectivity index (χ2n) is 6.26. The van der Waals surface area contributed by atoms with Gasteiger partial charge < -0.3 is 9.80 Å². The van der Waals surface area contributed by atoms with E-state index in [0.29, 0.717) is 47.5 Å². The second kappa shape index (κ2) is 9.49. The van der Waals surface area contributed by atoms with Crippen molar-refractivity contribution >= 4 is 46.8 Å². The van der Waals surface area contributed by atoms with Gasteiger partial charge in [-0.3, -0.25) is 9.59 Å². The highest BCUT2D eigenvalue weighted by Crippen LogP contribution is 2.30. The summed E-state index contributed by atoms with van der Waals surface area (Å²) in [5, 5.41) is 1.19. The number of nitrogens with zero attached hydrogens (tertiary/aromatic N) is 2. The van der Waals surface area contributed by atoms with Crippen molar-refractivity contribution in [1.82, 2.24) is 9.80 Å². The molecular weight excluding hydrogens is 403 g/mol. The fourth-order valence-corrected chi connectivity index (χ4v) is 4.35. The number of halogens is 2. The average Bonchev–Trinajstić information content (AvgIpc) is 2.95. The molecule has 1 aliphatic heterocycles. The van der Waals surface area contributed by atoms with E-state index in [1.807, 2.05) is 40.1 Å². The van der Waals surface area contributed by atoms with Crippen LogP contribution in [0.1, 0.15) is 16.8 Å². The van der Waals surface area contributed by atoms with Gasteiger partial charge in [0.15, 0.2) is 0 Å². The number of benzene rings is 2. The Morgan fingerprint density at radius 2 is 1.63 bits per heavy atom. The maximum Gasteiger partial charge on any atom is 0.253 e. The maximum absolute atomic E-state index is 12.6. The SMILES string of the molecule is O=C(CSc1cc(Cl)ccc1Cl)N1CCCN(C(=O)c2ccccc2)CC1. The van der Waals surface area contributed by atoms with E-state index < -0.39 is 0 Å². The third-order valence-electron chi connectivity index (χ3n) is 4.40. The number of carbonyl (C=O) groups excluding carboxylic acids is 2. The summed E-state index contributed by atoms with van der Waals surface area (Å²) in [6.45, 7) is 2.40. The normalized spacial score (nSPS) is 14.7. The minimum absolute atomic E-state index is 0.0185. The van der Waals surface area contributed by atoms with E-state index in [4.69, 9.17) is 23.2 Å². The van der Waals surface area contributed by atoms with E-state index in [1.165, 1.54) is 11.8 Å². The Bertz CT molecular complexity index is 817. The van der Waals surface area contributed by atoms with E-state index in [-0.39, 0.29) is 11.8 Å². The summed E-state index contributed by atoms with van der Waals surface area (Å²) in [7, 11) is 0. The van der Waals surface area contributed by atoms with E-state index in [9.17, 15) is 9.59 Å². The third-order valence-corrected chi connectivity index (χ3v) is 6.12. The first-order chi connectivity index (χ1) is 13.0. The van der Waals surface area contributed by atoms with Crippen LogP contribution in [0.3, 0.4) is 0 Å². The molecule has 0 aliphatic carbocycles. The lowest BCUT2D eigenvalue weighted by Gasteiger charge is -2.22. The van der Waals surface area contributed by atoms with Crippen molar-refractivity contribution in [2.75, 3.05) is 31.9 Å². The molecule has 2 aromatic carbocycles. The Kier molecular flexibility index (Phi) is 7.05. The molecule has 0 unspecified atom stereocenters. The molecule has 0 aromatic heterocycles. The van der Waals surface area contributed by atoms with Crippen LogP contribution < -0.4 is 0 Å². The van der Waals surface area contributed by atoms with Crippen molar-refractivity contribution < 1.29 is 9.59 Å². The van der Waals surface area contributed by atoms with Gasteiger partial charge in [0.05, 0.1) is 10.8 Å². The van der Waals surface area contributed by atoms with Gasteiger partial charge in [0.25, 0.3) is 5.91 Å². The molecule has 0 radical (unpaired) electrons. The van der Waals surface area contributed by atoms with Crippen LogP contribution in [0.4, 0.5) is 0 Å². The topological polar surface area (TPSA) is 40.6 Å². The van der Waals surface area contributed by atoms with E-state index in [2.05, 4.69) is 0 Å². The number of thioether (sulfide) groups is 1. The van der Waals surface area contributed by atoms with E-state index in [0.717, 1.165) is 11.3 Å². The molecule has 142 valence electrons. The Balaban J connectivity index is 1.55. The van der Waals surface area contributed by atoms with Crippen molar-refractivity contribution in [1.29, 1.82) is 0 Å². The molecule has 0 atom stereocenters. The summed E-state index contributed by atoms with van der Waals surface area (Å²) in [6, 6.07) is 14.5. The molecule has 1 heterocycles. The second-order valence-corrected chi connectivity index (χ2v) is 8.12. The first-order valence-electron chi connectivity index (χ1n) is 8.74. The maximum atomic E-state index is 12.6. The van der Waals surface area contributed by atoms with Crippen molar-refractivity contribution in [3.05, 3.63) is 64.1 Å². The molecule has 0 bridgehead atoms. The molecule has 0 saturated carbocycles. The van der Waals surface area contributed by atoms with Crippen LogP contribution in [0, 0.1) is 0 Å². The van der Waals surface area contributed by atoms with E-state index in [1.54, 1.807) is 18.2 Å². The minimum atomic E-state index is 0.0185. The van der Waals surface area contributed by atoms with E-state index >= 15 is 0 Å². The lowest BCUT2D eigenvalue weighted by molar-refractivity contribution is -0.128. The molecule has 2 aromatic rings. The first-order valence-corrected chi connectivity index (χ1v) is 10.5. The molecule has 0 N–H and O–H groups in total. The van der Waals surface area contributed by atoms with Crippen LogP contribution in [0.5, 0.6) is 0 Å². The quantitative estimate of drug-likeness (QED) is 0.682. The Labute approximate surface area is 173 Å². The number of carbonyl (C=O) groups is 2. The van der Waals surface area contributed by atoms with Gasteiger partial charge >= 0.3 is 0 Å². The predicted octanol–water partition coefficient (Wildman–Crippen LogP) is 4.46. The van der Waals surface area contributed by atoms with Gasteiger partial charge in [-0.25, -0.2) is 0 Å². The zero-order chi connectivity index (χ0) is 19.2. The molecule has 3 rings (SSSR count). The summed E-state index contributed by atoms with van der Waals surface area (Å²) in [5.41, 5.74) is 0.684. The number of rotatable bonds is 4. The summed E-state index contributed by atoms with van der Waals surface area (Å²) >= 11 is 13.5. The highest BCUT2D eigenvalue weighted by Gasteiger charge is 2.22. The number of amides is 2. The zero-order valence-electron chi connectivity index (χ0n) is 14.7. The monoisotopic (exact) mass is 422 g/mol. The summed E-state index contributed by atoms with van der Waals surface area (Å²) in [6.07, 6.45) is 0.771. The van der Waals surface area contributed by atoms with Crippen LogP contribution in [0.2, 0.25) is 10.0 Å². The fourth-order valence-electron chi connectivity index (χ4n) is 2.95. The lowest BCUT2D eigenvalue weighted by atomic mass is 10.2. The molecular formula is C20H20Cl2N2O2S. The van der Waals surface area contributed by atoms with Gasteiger partial charge in [-0.15, -0.1) is 11.8 Å². The Morgan fingerprint density at radius 3 is 2.41 bits per heavy atom. The largest absolute Gasteiger partial charge is 0.340 e. The molecule has 27 heavy (non-hydrogen) atoms. The van der Waals surface area contributed by atoms with Crippen molar-refractivity contribution in [3.63, 3.8) is 0 Å². The lowest BCUT2D eigenvalue weighted by Crippen LogP contribution is -2.38. The summed E-state index contributed by atoms with van der Waals surface area (Å²) in [5.74, 6) is 0.363. The number of hydrogen-bond acceptors (Lipinski definition) is 3. The molecule has 1 fully saturated rings. The van der Waals surface area contributed by atoms with Gasteiger partial charge in [0.2, 0.25) is 5.91 Å². The van der Waals surface area contributed by atoms with Gasteiger partial charge in [0, 0.05) is 41.7 Å². The molecule has 1 aliphatic rings. The third kappa shape index (κ3) is 5.41. The first kappa shape index (κ1) is 20.1. The highest BCUT2D eigenvalue weighted by molar-refractivity contribution is 8.00.